The number of aromatic nitrogens is 3. The van der Waals surface area contributed by atoms with Crippen LogP contribution in [0.5, 0.6) is 0 Å². The van der Waals surface area contributed by atoms with Crippen LogP contribution in [0.25, 0.3) is 22.2 Å². The Bertz CT molecular complexity index is 1230. The average Bonchev–Trinajstić information content (AvgIpc) is 3.57. The van der Waals surface area contributed by atoms with Crippen LogP contribution in [-0.2, 0) is 10.9 Å². The van der Waals surface area contributed by atoms with Gasteiger partial charge in [0.1, 0.15) is 5.56 Å². The first-order valence-corrected chi connectivity index (χ1v) is 11.8. The third-order valence-electron chi connectivity index (χ3n) is 6.37. The number of nitrogens with zero attached hydrogens (tertiary/aromatic N) is 2. The molecule has 1 saturated carbocycles. The number of halogens is 3. The summed E-state index contributed by atoms with van der Waals surface area (Å²) < 4.78 is 46.8. The van der Waals surface area contributed by atoms with Crippen molar-refractivity contribution in [3.63, 3.8) is 0 Å². The maximum atomic E-state index is 13.9. The maximum Gasteiger partial charge on any atom is 0.419 e. The molecule has 2 fully saturated rings. The van der Waals surface area contributed by atoms with E-state index >= 15 is 0 Å². The predicted octanol–water partition coefficient (Wildman–Crippen LogP) is 5.25. The Morgan fingerprint density at radius 1 is 1.26 bits per heavy atom. The fourth-order valence-corrected chi connectivity index (χ4v) is 4.62. The lowest BCUT2D eigenvalue weighted by molar-refractivity contribution is -0.137. The highest BCUT2D eigenvalue weighted by molar-refractivity contribution is 6.01. The number of hydrogen-bond donors (Lipinski definition) is 4. The molecule has 1 amide bonds. The average molecular weight is 489 g/mol. The van der Waals surface area contributed by atoms with Crippen molar-refractivity contribution in [3.8, 4) is 11.3 Å². The summed E-state index contributed by atoms with van der Waals surface area (Å²) in [6.45, 7) is 3.58. The Morgan fingerprint density at radius 2 is 2.09 bits per heavy atom. The number of alkyl halides is 3. The number of rotatable bonds is 6. The number of benzene rings is 1. The first-order valence-electron chi connectivity index (χ1n) is 11.8. The number of carbonyl (C=O) groups excluding carboxylic acids is 1. The van der Waals surface area contributed by atoms with Crippen molar-refractivity contribution in [2.24, 2.45) is 0 Å². The van der Waals surface area contributed by atoms with E-state index in [1.807, 2.05) is 0 Å². The molecule has 1 saturated heterocycles. The summed E-state index contributed by atoms with van der Waals surface area (Å²) in [6, 6.07) is 3.47. The highest BCUT2D eigenvalue weighted by Crippen LogP contribution is 2.48. The molecule has 2 aromatic heterocycles. The van der Waals surface area contributed by atoms with E-state index in [0.717, 1.165) is 44.0 Å². The van der Waals surface area contributed by atoms with Crippen molar-refractivity contribution >= 4 is 28.6 Å². The van der Waals surface area contributed by atoms with Gasteiger partial charge in [0.2, 0.25) is 5.95 Å². The summed E-state index contributed by atoms with van der Waals surface area (Å²) in [4.78, 5) is 23.5. The maximum absolute atomic E-state index is 13.9. The van der Waals surface area contributed by atoms with Crippen molar-refractivity contribution in [2.75, 3.05) is 30.3 Å². The fraction of sp³-hybridized carbons (Fsp3) is 0.458. The number of amides is 1. The number of hydrogen-bond acceptors (Lipinski definition) is 6. The van der Waals surface area contributed by atoms with Gasteiger partial charge in [0.05, 0.1) is 17.8 Å². The highest BCUT2D eigenvalue weighted by atomic mass is 19.4. The second-order valence-corrected chi connectivity index (χ2v) is 8.91. The number of piperidine rings is 1. The molecule has 2 aliphatic rings. The number of H-pyrrole nitrogens is 1. The molecule has 3 heterocycles. The lowest BCUT2D eigenvalue weighted by Gasteiger charge is -2.24. The second-order valence-electron chi connectivity index (χ2n) is 8.91. The molecule has 35 heavy (non-hydrogen) atoms. The van der Waals surface area contributed by atoms with Gasteiger partial charge in [-0.2, -0.15) is 13.2 Å². The number of ether oxygens (including phenoxy) is 1. The molecule has 1 aliphatic heterocycles. The lowest BCUT2D eigenvalue weighted by atomic mass is 10.00. The van der Waals surface area contributed by atoms with E-state index in [-0.39, 0.29) is 30.2 Å². The third-order valence-corrected chi connectivity index (χ3v) is 6.37. The largest absolute Gasteiger partial charge is 0.450 e. The number of fused-ring (bicyclic) bond motifs is 1. The quantitative estimate of drug-likeness (QED) is 0.378. The minimum atomic E-state index is -4.62. The van der Waals surface area contributed by atoms with Crippen LogP contribution in [-0.4, -0.2) is 46.8 Å². The molecule has 4 N–H and O–H groups in total. The monoisotopic (exact) mass is 488 g/mol. The summed E-state index contributed by atoms with van der Waals surface area (Å²) in [5, 5.41) is 9.80. The van der Waals surface area contributed by atoms with Crippen LogP contribution in [0.3, 0.4) is 0 Å². The molecular weight excluding hydrogens is 461 g/mol. The molecular formula is C24H27F3N6O2. The Hall–Kier alpha value is -3.34. The summed E-state index contributed by atoms with van der Waals surface area (Å²) in [5.74, 6) is 0.379. The first-order chi connectivity index (χ1) is 16.8. The van der Waals surface area contributed by atoms with E-state index < -0.39 is 17.8 Å². The Morgan fingerprint density at radius 3 is 2.77 bits per heavy atom. The van der Waals surface area contributed by atoms with Crippen LogP contribution in [0.15, 0.2) is 24.5 Å². The highest BCUT2D eigenvalue weighted by Gasteiger charge is 2.37. The summed E-state index contributed by atoms with van der Waals surface area (Å²) in [6.07, 6.45) is 0.955. The van der Waals surface area contributed by atoms with Crippen molar-refractivity contribution in [1.29, 1.82) is 0 Å². The molecule has 0 radical (unpaired) electrons. The molecule has 1 atom stereocenters. The molecule has 0 bridgehead atoms. The zero-order valence-corrected chi connectivity index (χ0v) is 19.3. The summed E-state index contributed by atoms with van der Waals surface area (Å²) >= 11 is 0. The lowest BCUT2D eigenvalue weighted by Crippen LogP contribution is -2.38. The van der Waals surface area contributed by atoms with E-state index in [9.17, 15) is 18.0 Å². The Kier molecular flexibility index (Phi) is 6.26. The minimum absolute atomic E-state index is 0.0503. The Labute approximate surface area is 200 Å². The molecule has 11 heteroatoms. The number of nitrogens with one attached hydrogen (secondary N) is 4. The normalized spacial score (nSPS) is 18.5. The fourth-order valence-electron chi connectivity index (χ4n) is 4.62. The Balaban J connectivity index is 1.57. The number of aromatic amines is 1. The minimum Gasteiger partial charge on any atom is -0.450 e. The zero-order chi connectivity index (χ0) is 24.6. The van der Waals surface area contributed by atoms with Gasteiger partial charge >= 0.3 is 12.3 Å². The van der Waals surface area contributed by atoms with Gasteiger partial charge in [0.15, 0.2) is 0 Å². The zero-order valence-electron chi connectivity index (χ0n) is 19.3. The van der Waals surface area contributed by atoms with Gasteiger partial charge in [0.25, 0.3) is 0 Å². The van der Waals surface area contributed by atoms with E-state index in [2.05, 4.69) is 30.9 Å². The molecule has 1 aromatic carbocycles. The van der Waals surface area contributed by atoms with Crippen molar-refractivity contribution < 1.29 is 22.7 Å². The molecule has 0 unspecified atom stereocenters. The topological polar surface area (TPSA) is 104 Å². The summed E-state index contributed by atoms with van der Waals surface area (Å²) in [5.41, 5.74) is 1.41. The third kappa shape index (κ3) is 4.90. The molecule has 5 rings (SSSR count). The SMILES string of the molecule is CCOC(=O)Nc1ccc2c(-c3nc(N[C@H]4CCCNC4)ncc3C(F)(F)F)c[nH]c2c1C1CC1. The molecule has 8 nitrogen and oxygen atoms in total. The van der Waals surface area contributed by atoms with Gasteiger partial charge in [-0.05, 0) is 51.1 Å². The summed E-state index contributed by atoms with van der Waals surface area (Å²) in [7, 11) is 0. The van der Waals surface area contributed by atoms with Gasteiger partial charge in [0, 0.05) is 47.2 Å². The van der Waals surface area contributed by atoms with Gasteiger partial charge in [-0.15, -0.1) is 0 Å². The molecule has 0 spiro atoms. The molecule has 1 aliphatic carbocycles. The van der Waals surface area contributed by atoms with E-state index in [1.54, 1.807) is 25.3 Å². The van der Waals surface area contributed by atoms with Crippen LogP contribution >= 0.6 is 0 Å². The van der Waals surface area contributed by atoms with Crippen molar-refractivity contribution in [3.05, 3.63) is 35.7 Å². The van der Waals surface area contributed by atoms with Crippen LogP contribution in [0.2, 0.25) is 0 Å². The number of carbonyl (C=O) groups is 1. The molecule has 3 aromatic rings. The smallest absolute Gasteiger partial charge is 0.419 e. The number of anilines is 2. The van der Waals surface area contributed by atoms with Crippen LogP contribution < -0.4 is 16.0 Å². The van der Waals surface area contributed by atoms with Gasteiger partial charge < -0.3 is 20.4 Å². The van der Waals surface area contributed by atoms with Gasteiger partial charge in [-0.1, -0.05) is 6.07 Å². The van der Waals surface area contributed by atoms with Crippen LogP contribution in [0.4, 0.5) is 29.6 Å². The first kappa shape index (κ1) is 23.4. The van der Waals surface area contributed by atoms with E-state index in [1.165, 1.54) is 0 Å². The predicted molar refractivity (Wildman–Crippen MR) is 126 cm³/mol. The van der Waals surface area contributed by atoms with Crippen LogP contribution in [0, 0.1) is 0 Å². The second kappa shape index (κ2) is 9.37. The van der Waals surface area contributed by atoms with Crippen molar-refractivity contribution in [1.82, 2.24) is 20.3 Å². The van der Waals surface area contributed by atoms with Crippen LogP contribution in [0.1, 0.15) is 49.7 Å². The van der Waals surface area contributed by atoms with Gasteiger partial charge in [-0.25, -0.2) is 14.8 Å². The van der Waals surface area contributed by atoms with Gasteiger partial charge in [-0.3, -0.25) is 5.32 Å². The van der Waals surface area contributed by atoms with E-state index in [0.29, 0.717) is 28.7 Å². The molecule has 186 valence electrons. The standard InChI is InChI=1S/C24H27F3N6O2/c1-2-35-23(34)32-18-8-7-15-16(11-29-21(15)19(18)13-5-6-13)20-17(24(25,26)27)12-30-22(33-20)31-14-4-3-9-28-10-14/h7-8,11-14,28-29H,2-6,9-10H2,1H3,(H,32,34)(H,30,31,33)/t14-/m0/s1. The van der Waals surface area contributed by atoms with Crippen molar-refractivity contribution in [2.45, 2.75) is 50.7 Å². The van der Waals surface area contributed by atoms with E-state index in [4.69, 9.17) is 4.74 Å².